The number of nitrogens with zero attached hydrogens (tertiary/aromatic N) is 4. The van der Waals surface area contributed by atoms with Crippen LogP contribution in [-0.4, -0.2) is 40.9 Å². The van der Waals surface area contributed by atoms with Crippen molar-refractivity contribution < 1.29 is 4.74 Å². The van der Waals surface area contributed by atoms with Crippen molar-refractivity contribution in [2.75, 3.05) is 31.1 Å². The highest BCUT2D eigenvalue weighted by Gasteiger charge is 2.10. The molecule has 0 bridgehead atoms. The number of piperazine rings is 1. The molecule has 0 spiro atoms. The van der Waals surface area contributed by atoms with Crippen LogP contribution in [0, 0.1) is 0 Å². The third-order valence-corrected chi connectivity index (χ3v) is 3.49. The molecule has 20 heavy (non-hydrogen) atoms. The zero-order valence-electron chi connectivity index (χ0n) is 11.6. The van der Waals surface area contributed by atoms with Crippen molar-refractivity contribution in [2.45, 2.75) is 6.61 Å². The zero-order chi connectivity index (χ0) is 13.8. The lowest BCUT2D eigenvalue weighted by Crippen LogP contribution is -2.43. The summed E-state index contributed by atoms with van der Waals surface area (Å²) in [5.74, 6) is 1.67. The van der Waals surface area contributed by atoms with Crippen molar-refractivity contribution in [3.05, 3.63) is 36.4 Å². The van der Waals surface area contributed by atoms with Gasteiger partial charge in [0.25, 0.3) is 0 Å². The molecule has 1 N–H and O–H groups in total. The van der Waals surface area contributed by atoms with Crippen LogP contribution in [0.2, 0.25) is 0 Å². The van der Waals surface area contributed by atoms with Crippen LogP contribution in [0.25, 0.3) is 0 Å². The van der Waals surface area contributed by atoms with E-state index in [0.29, 0.717) is 6.61 Å². The van der Waals surface area contributed by atoms with Crippen molar-refractivity contribution in [3.63, 3.8) is 0 Å². The zero-order valence-corrected chi connectivity index (χ0v) is 11.6. The minimum Gasteiger partial charge on any atom is -0.486 e. The van der Waals surface area contributed by atoms with Gasteiger partial charge in [-0.1, -0.05) is 0 Å². The first-order valence-corrected chi connectivity index (χ1v) is 6.84. The molecule has 2 heterocycles. The summed E-state index contributed by atoms with van der Waals surface area (Å²) < 4.78 is 7.58. The van der Waals surface area contributed by atoms with E-state index in [-0.39, 0.29) is 0 Å². The van der Waals surface area contributed by atoms with Gasteiger partial charge in [0.05, 0.1) is 0 Å². The Morgan fingerprint density at radius 3 is 2.60 bits per heavy atom. The highest BCUT2D eigenvalue weighted by atomic mass is 16.5. The van der Waals surface area contributed by atoms with Crippen LogP contribution in [0.1, 0.15) is 5.82 Å². The molecule has 0 unspecified atom stereocenters. The number of nitrogens with one attached hydrogen (secondary N) is 1. The maximum absolute atomic E-state index is 5.72. The largest absolute Gasteiger partial charge is 0.486 e. The average molecular weight is 273 g/mol. The van der Waals surface area contributed by atoms with Crippen LogP contribution in [0.5, 0.6) is 5.75 Å². The molecule has 2 aromatic rings. The third-order valence-electron chi connectivity index (χ3n) is 3.49. The Morgan fingerprint density at radius 2 is 1.95 bits per heavy atom. The van der Waals surface area contributed by atoms with Crippen LogP contribution in [0.15, 0.2) is 30.6 Å². The molecule has 1 aromatic carbocycles. The van der Waals surface area contributed by atoms with E-state index in [4.69, 9.17) is 4.74 Å². The fraction of sp³-hybridized carbons (Fsp3) is 0.429. The topological polar surface area (TPSA) is 55.2 Å². The molecule has 1 saturated heterocycles. The number of aryl methyl sites for hydroxylation is 1. The first-order valence-electron chi connectivity index (χ1n) is 6.84. The van der Waals surface area contributed by atoms with Crippen molar-refractivity contribution in [3.8, 4) is 5.75 Å². The van der Waals surface area contributed by atoms with E-state index < -0.39 is 0 Å². The quantitative estimate of drug-likeness (QED) is 0.893. The maximum atomic E-state index is 5.72. The van der Waals surface area contributed by atoms with Gasteiger partial charge in [0.15, 0.2) is 5.82 Å². The van der Waals surface area contributed by atoms with E-state index >= 15 is 0 Å². The second-order valence-electron chi connectivity index (χ2n) is 4.88. The van der Waals surface area contributed by atoms with Gasteiger partial charge < -0.3 is 19.5 Å². The Hall–Kier alpha value is -2.08. The summed E-state index contributed by atoms with van der Waals surface area (Å²) in [7, 11) is 1.91. The highest BCUT2D eigenvalue weighted by molar-refractivity contribution is 5.49. The first-order chi connectivity index (χ1) is 9.83. The van der Waals surface area contributed by atoms with Crippen LogP contribution < -0.4 is 15.0 Å². The van der Waals surface area contributed by atoms with Gasteiger partial charge in [-0.05, 0) is 24.3 Å². The summed E-state index contributed by atoms with van der Waals surface area (Å²) in [4.78, 5) is 2.38. The van der Waals surface area contributed by atoms with Crippen molar-refractivity contribution in [2.24, 2.45) is 7.05 Å². The minimum absolute atomic E-state index is 0.434. The predicted octanol–water partition coefficient (Wildman–Crippen LogP) is 0.804. The number of aromatic nitrogens is 3. The number of rotatable bonds is 4. The lowest BCUT2D eigenvalue weighted by atomic mass is 10.2. The molecule has 6 heteroatoms. The van der Waals surface area contributed by atoms with Gasteiger partial charge >= 0.3 is 0 Å². The second kappa shape index (κ2) is 5.92. The molecule has 106 valence electrons. The Balaban J connectivity index is 1.59. The Kier molecular flexibility index (Phi) is 3.83. The standard InChI is InChI=1S/C14H19N5O/c1-18-11-16-17-14(18)10-20-13-4-2-12(3-5-13)19-8-6-15-7-9-19/h2-5,11,15H,6-10H2,1H3. The van der Waals surface area contributed by atoms with E-state index in [1.807, 2.05) is 23.7 Å². The van der Waals surface area contributed by atoms with Crippen LogP contribution >= 0.6 is 0 Å². The van der Waals surface area contributed by atoms with Crippen LogP contribution in [0.4, 0.5) is 5.69 Å². The Bertz CT molecular complexity index is 545. The Morgan fingerprint density at radius 1 is 1.20 bits per heavy atom. The lowest BCUT2D eigenvalue weighted by Gasteiger charge is -2.29. The Labute approximate surface area is 118 Å². The molecular weight excluding hydrogens is 254 g/mol. The number of benzene rings is 1. The lowest BCUT2D eigenvalue weighted by molar-refractivity contribution is 0.291. The smallest absolute Gasteiger partial charge is 0.170 e. The van der Waals surface area contributed by atoms with Crippen LogP contribution in [-0.2, 0) is 13.7 Å². The monoisotopic (exact) mass is 273 g/mol. The maximum Gasteiger partial charge on any atom is 0.170 e. The number of hydrogen-bond donors (Lipinski definition) is 1. The van der Waals surface area contributed by atoms with E-state index in [0.717, 1.165) is 37.8 Å². The fourth-order valence-corrected chi connectivity index (χ4v) is 2.26. The SMILES string of the molecule is Cn1cnnc1COc1ccc(N2CCNCC2)cc1. The summed E-state index contributed by atoms with van der Waals surface area (Å²) in [6.07, 6.45) is 1.67. The van der Waals surface area contributed by atoms with Gasteiger partial charge in [-0.2, -0.15) is 0 Å². The van der Waals surface area contributed by atoms with Crippen molar-refractivity contribution >= 4 is 5.69 Å². The van der Waals surface area contributed by atoms with Gasteiger partial charge in [0.2, 0.25) is 0 Å². The molecule has 0 aliphatic carbocycles. The molecule has 3 rings (SSSR count). The number of anilines is 1. The fourth-order valence-electron chi connectivity index (χ4n) is 2.26. The first kappa shape index (κ1) is 12.9. The molecule has 1 fully saturated rings. The third kappa shape index (κ3) is 2.91. The van der Waals surface area contributed by atoms with E-state index in [2.05, 4.69) is 32.5 Å². The molecule has 6 nitrogen and oxygen atoms in total. The van der Waals surface area contributed by atoms with E-state index in [1.54, 1.807) is 6.33 Å². The average Bonchev–Trinajstić information content (AvgIpc) is 2.92. The minimum atomic E-state index is 0.434. The summed E-state index contributed by atoms with van der Waals surface area (Å²) in [5, 5.41) is 11.2. The number of ether oxygens (including phenoxy) is 1. The molecule has 1 aliphatic heterocycles. The van der Waals surface area contributed by atoms with Crippen LogP contribution in [0.3, 0.4) is 0 Å². The number of hydrogen-bond acceptors (Lipinski definition) is 5. The molecule has 1 aliphatic rings. The summed E-state index contributed by atoms with van der Waals surface area (Å²) in [5.41, 5.74) is 1.25. The normalized spacial score (nSPS) is 15.3. The van der Waals surface area contributed by atoms with Gasteiger partial charge in [0.1, 0.15) is 18.7 Å². The van der Waals surface area contributed by atoms with E-state index in [9.17, 15) is 0 Å². The van der Waals surface area contributed by atoms with Crippen molar-refractivity contribution in [1.29, 1.82) is 0 Å². The molecule has 0 saturated carbocycles. The molecule has 0 radical (unpaired) electrons. The van der Waals surface area contributed by atoms with E-state index in [1.165, 1.54) is 5.69 Å². The predicted molar refractivity (Wildman–Crippen MR) is 76.9 cm³/mol. The molecular formula is C14H19N5O. The summed E-state index contributed by atoms with van der Waals surface area (Å²) in [6, 6.07) is 8.23. The molecule has 0 amide bonds. The van der Waals surface area contributed by atoms with Gasteiger partial charge in [-0.15, -0.1) is 10.2 Å². The van der Waals surface area contributed by atoms with Gasteiger partial charge in [0, 0.05) is 38.9 Å². The summed E-state index contributed by atoms with van der Waals surface area (Å²) >= 11 is 0. The highest BCUT2D eigenvalue weighted by Crippen LogP contribution is 2.20. The summed E-state index contributed by atoms with van der Waals surface area (Å²) in [6.45, 7) is 4.64. The van der Waals surface area contributed by atoms with Gasteiger partial charge in [-0.3, -0.25) is 0 Å². The van der Waals surface area contributed by atoms with Gasteiger partial charge in [-0.25, -0.2) is 0 Å². The van der Waals surface area contributed by atoms with Crippen molar-refractivity contribution in [1.82, 2.24) is 20.1 Å². The molecule has 1 aromatic heterocycles. The second-order valence-corrected chi connectivity index (χ2v) is 4.88. The molecule has 0 atom stereocenters.